The van der Waals surface area contributed by atoms with E-state index in [1.54, 1.807) is 4.90 Å². The van der Waals surface area contributed by atoms with E-state index in [4.69, 9.17) is 5.11 Å². The normalized spacial score (nSPS) is 11.2. The van der Waals surface area contributed by atoms with Crippen molar-refractivity contribution < 1.29 is 19.4 Å². The average molecular weight is 255 g/mol. The molecule has 0 fully saturated rings. The molecule has 18 heavy (non-hydrogen) atoms. The predicted molar refractivity (Wildman–Crippen MR) is 66.2 cm³/mol. The van der Waals surface area contributed by atoms with Gasteiger partial charge in [0.15, 0.2) is 5.78 Å². The standard InChI is InChI=1S/C13H18FNO3/c1-9(2)15(5-6-16)8-13(18)11-7-10(14)3-4-12(11)17/h3-4,7,9,16-17H,5-6,8H2,1-2H3. The number of hydrogen-bond donors (Lipinski definition) is 2. The fraction of sp³-hybridized carbons (Fsp3) is 0.462. The first-order valence-corrected chi connectivity index (χ1v) is 5.82. The highest BCUT2D eigenvalue weighted by Gasteiger charge is 2.17. The molecule has 2 N–H and O–H groups in total. The van der Waals surface area contributed by atoms with E-state index < -0.39 is 5.82 Å². The number of Topliss-reactive ketones (excluding diaryl/α,β-unsaturated/α-hetero) is 1. The largest absolute Gasteiger partial charge is 0.507 e. The number of benzene rings is 1. The predicted octanol–water partition coefficient (Wildman–Crippen LogP) is 1.42. The number of halogens is 1. The number of phenols is 1. The number of ketones is 1. The van der Waals surface area contributed by atoms with Crippen LogP contribution in [-0.2, 0) is 0 Å². The summed E-state index contributed by atoms with van der Waals surface area (Å²) in [4.78, 5) is 13.7. The maximum absolute atomic E-state index is 13.0. The Balaban J connectivity index is 2.83. The number of aliphatic hydroxyl groups is 1. The molecule has 0 saturated heterocycles. The van der Waals surface area contributed by atoms with E-state index in [9.17, 15) is 14.3 Å². The van der Waals surface area contributed by atoms with Crippen LogP contribution < -0.4 is 0 Å². The lowest BCUT2D eigenvalue weighted by Crippen LogP contribution is -2.37. The molecule has 0 aromatic heterocycles. The second-order valence-electron chi connectivity index (χ2n) is 4.37. The van der Waals surface area contributed by atoms with Gasteiger partial charge in [-0.3, -0.25) is 9.69 Å². The van der Waals surface area contributed by atoms with Gasteiger partial charge in [-0.05, 0) is 32.0 Å². The maximum atomic E-state index is 13.0. The Morgan fingerprint density at radius 3 is 2.67 bits per heavy atom. The van der Waals surface area contributed by atoms with Crippen LogP contribution in [0.15, 0.2) is 18.2 Å². The van der Waals surface area contributed by atoms with Crippen LogP contribution in [0, 0.1) is 5.82 Å². The van der Waals surface area contributed by atoms with Crippen molar-refractivity contribution in [3.8, 4) is 5.75 Å². The quantitative estimate of drug-likeness (QED) is 0.755. The van der Waals surface area contributed by atoms with Crippen LogP contribution in [0.3, 0.4) is 0 Å². The number of hydrogen-bond acceptors (Lipinski definition) is 4. The van der Waals surface area contributed by atoms with E-state index in [1.165, 1.54) is 0 Å². The number of aromatic hydroxyl groups is 1. The first kappa shape index (κ1) is 14.6. The third-order valence-corrected chi connectivity index (χ3v) is 2.72. The topological polar surface area (TPSA) is 60.8 Å². The number of carbonyl (C=O) groups excluding carboxylic acids is 1. The first-order valence-electron chi connectivity index (χ1n) is 5.82. The molecule has 0 spiro atoms. The van der Waals surface area contributed by atoms with Crippen molar-refractivity contribution in [3.05, 3.63) is 29.6 Å². The van der Waals surface area contributed by atoms with Gasteiger partial charge in [0.1, 0.15) is 11.6 Å². The van der Waals surface area contributed by atoms with Crippen molar-refractivity contribution in [1.82, 2.24) is 4.90 Å². The lowest BCUT2D eigenvalue weighted by Gasteiger charge is -2.24. The number of nitrogens with zero attached hydrogens (tertiary/aromatic N) is 1. The van der Waals surface area contributed by atoms with Gasteiger partial charge in [0, 0.05) is 12.6 Å². The SMILES string of the molecule is CC(C)N(CCO)CC(=O)c1cc(F)ccc1O. The average Bonchev–Trinajstić information content (AvgIpc) is 2.31. The van der Waals surface area contributed by atoms with Gasteiger partial charge in [-0.1, -0.05) is 0 Å². The van der Waals surface area contributed by atoms with Gasteiger partial charge in [-0.15, -0.1) is 0 Å². The summed E-state index contributed by atoms with van der Waals surface area (Å²) in [6.45, 7) is 4.14. The zero-order valence-electron chi connectivity index (χ0n) is 10.6. The Labute approximate surface area is 106 Å². The molecule has 4 nitrogen and oxygen atoms in total. The summed E-state index contributed by atoms with van der Waals surface area (Å²) < 4.78 is 13.0. The molecule has 0 heterocycles. The van der Waals surface area contributed by atoms with Gasteiger partial charge in [-0.25, -0.2) is 4.39 Å². The number of carbonyl (C=O) groups is 1. The van der Waals surface area contributed by atoms with Crippen LogP contribution in [0.25, 0.3) is 0 Å². The van der Waals surface area contributed by atoms with Gasteiger partial charge >= 0.3 is 0 Å². The van der Waals surface area contributed by atoms with Crippen molar-refractivity contribution in [2.24, 2.45) is 0 Å². The molecule has 1 aromatic rings. The van der Waals surface area contributed by atoms with Crippen LogP contribution in [0.4, 0.5) is 4.39 Å². The van der Waals surface area contributed by atoms with Crippen molar-refractivity contribution in [3.63, 3.8) is 0 Å². The molecule has 0 radical (unpaired) electrons. The molecule has 0 atom stereocenters. The molecule has 0 aliphatic heterocycles. The van der Waals surface area contributed by atoms with Crippen molar-refractivity contribution in [1.29, 1.82) is 0 Å². The van der Waals surface area contributed by atoms with Crippen LogP contribution in [0.1, 0.15) is 24.2 Å². The molecule has 1 rings (SSSR count). The molecule has 5 heteroatoms. The highest BCUT2D eigenvalue weighted by Crippen LogP contribution is 2.19. The summed E-state index contributed by atoms with van der Waals surface area (Å²) >= 11 is 0. The smallest absolute Gasteiger partial charge is 0.180 e. The molecule has 0 saturated carbocycles. The lowest BCUT2D eigenvalue weighted by atomic mass is 10.1. The molecule has 0 amide bonds. The second kappa shape index (κ2) is 6.47. The molecular formula is C13H18FNO3. The molecular weight excluding hydrogens is 237 g/mol. The molecule has 1 aromatic carbocycles. The van der Waals surface area contributed by atoms with Gasteiger partial charge < -0.3 is 10.2 Å². The van der Waals surface area contributed by atoms with Gasteiger partial charge in [0.2, 0.25) is 0 Å². The number of aliphatic hydroxyl groups excluding tert-OH is 1. The van der Waals surface area contributed by atoms with Crippen LogP contribution >= 0.6 is 0 Å². The summed E-state index contributed by atoms with van der Waals surface area (Å²) in [6.07, 6.45) is 0. The van der Waals surface area contributed by atoms with E-state index in [0.717, 1.165) is 18.2 Å². The monoisotopic (exact) mass is 255 g/mol. The van der Waals surface area contributed by atoms with Crippen molar-refractivity contribution in [2.75, 3.05) is 19.7 Å². The lowest BCUT2D eigenvalue weighted by molar-refractivity contribution is 0.0878. The minimum atomic E-state index is -0.561. The summed E-state index contributed by atoms with van der Waals surface area (Å²) in [5.74, 6) is -1.15. The van der Waals surface area contributed by atoms with E-state index >= 15 is 0 Å². The summed E-state index contributed by atoms with van der Waals surface area (Å²) in [5.41, 5.74) is -0.0291. The van der Waals surface area contributed by atoms with Gasteiger partial charge in [0.05, 0.1) is 18.7 Å². The third kappa shape index (κ3) is 3.78. The third-order valence-electron chi connectivity index (χ3n) is 2.72. The molecule has 0 aliphatic rings. The number of phenolic OH excluding ortho intramolecular Hbond substituents is 1. The summed E-state index contributed by atoms with van der Waals surface area (Å²) in [7, 11) is 0. The van der Waals surface area contributed by atoms with E-state index in [0.29, 0.717) is 6.54 Å². The molecule has 0 aliphatic carbocycles. The van der Waals surface area contributed by atoms with Gasteiger partial charge in [0.25, 0.3) is 0 Å². The highest BCUT2D eigenvalue weighted by molar-refractivity contribution is 6.00. The highest BCUT2D eigenvalue weighted by atomic mass is 19.1. The van der Waals surface area contributed by atoms with E-state index in [2.05, 4.69) is 0 Å². The minimum Gasteiger partial charge on any atom is -0.507 e. The maximum Gasteiger partial charge on any atom is 0.180 e. The summed E-state index contributed by atoms with van der Waals surface area (Å²) in [6, 6.07) is 3.36. The second-order valence-corrected chi connectivity index (χ2v) is 4.37. The van der Waals surface area contributed by atoms with Crippen LogP contribution in [0.5, 0.6) is 5.75 Å². The van der Waals surface area contributed by atoms with Crippen LogP contribution in [0.2, 0.25) is 0 Å². The fourth-order valence-corrected chi connectivity index (χ4v) is 1.65. The fourth-order valence-electron chi connectivity index (χ4n) is 1.65. The van der Waals surface area contributed by atoms with Crippen molar-refractivity contribution >= 4 is 5.78 Å². The molecule has 0 unspecified atom stereocenters. The first-order chi connectivity index (χ1) is 8.45. The zero-order valence-corrected chi connectivity index (χ0v) is 10.6. The van der Waals surface area contributed by atoms with Crippen LogP contribution in [-0.4, -0.2) is 46.6 Å². The van der Waals surface area contributed by atoms with E-state index in [1.807, 2.05) is 13.8 Å². The molecule has 100 valence electrons. The summed E-state index contributed by atoms with van der Waals surface area (Å²) in [5, 5.41) is 18.4. The van der Waals surface area contributed by atoms with E-state index in [-0.39, 0.29) is 36.3 Å². The van der Waals surface area contributed by atoms with Gasteiger partial charge in [-0.2, -0.15) is 0 Å². The minimum absolute atomic E-state index is 0.0291. The number of rotatable bonds is 6. The Morgan fingerprint density at radius 1 is 1.44 bits per heavy atom. The Kier molecular flexibility index (Phi) is 5.25. The Morgan fingerprint density at radius 2 is 2.11 bits per heavy atom. The zero-order chi connectivity index (χ0) is 13.7. The Hall–Kier alpha value is -1.46. The van der Waals surface area contributed by atoms with Crippen molar-refractivity contribution in [2.45, 2.75) is 19.9 Å². The molecule has 0 bridgehead atoms. The Bertz CT molecular complexity index is 421.